The van der Waals surface area contributed by atoms with Crippen molar-refractivity contribution >= 4 is 0 Å². The number of hydrogen-bond donors (Lipinski definition) is 1. The molecule has 0 spiro atoms. The second kappa shape index (κ2) is 8.01. The van der Waals surface area contributed by atoms with Gasteiger partial charge in [0.25, 0.3) is 0 Å². The van der Waals surface area contributed by atoms with E-state index < -0.39 is 0 Å². The zero-order valence-corrected chi connectivity index (χ0v) is 10.3. The summed E-state index contributed by atoms with van der Waals surface area (Å²) >= 11 is 0. The van der Waals surface area contributed by atoms with Crippen molar-refractivity contribution in [1.29, 1.82) is 0 Å². The van der Waals surface area contributed by atoms with Gasteiger partial charge in [0.2, 0.25) is 0 Å². The first-order valence-electron chi connectivity index (χ1n) is 5.64. The number of likely N-dealkylation sites (N-methyl/N-ethyl adjacent to an activating group) is 1. The number of nitrogens with zero attached hydrogens (tertiary/aromatic N) is 1. The first-order valence-corrected chi connectivity index (χ1v) is 5.64. The fraction of sp³-hybridized carbons (Fsp3) is 0.833. The predicted molar refractivity (Wildman–Crippen MR) is 64.7 cm³/mol. The summed E-state index contributed by atoms with van der Waals surface area (Å²) in [4.78, 5) is 2.48. The molecule has 0 aliphatic carbocycles. The van der Waals surface area contributed by atoms with Crippen LogP contribution in [0.25, 0.3) is 0 Å². The summed E-state index contributed by atoms with van der Waals surface area (Å²) in [6.45, 7) is 13.9. The Labute approximate surface area is 89.4 Å². The summed E-state index contributed by atoms with van der Waals surface area (Å²) in [6.07, 6.45) is 2.52. The minimum Gasteiger partial charge on any atom is -0.320 e. The fourth-order valence-corrected chi connectivity index (χ4v) is 1.68. The highest BCUT2D eigenvalue weighted by Crippen LogP contribution is 2.07. The smallest absolute Gasteiger partial charge is 0.0190 e. The maximum atomic E-state index is 3.97. The normalized spacial score (nSPS) is 13.2. The van der Waals surface area contributed by atoms with Crippen LogP contribution in [0.3, 0.4) is 0 Å². The van der Waals surface area contributed by atoms with E-state index in [2.05, 4.69) is 37.6 Å². The second-order valence-corrected chi connectivity index (χ2v) is 4.12. The van der Waals surface area contributed by atoms with Crippen molar-refractivity contribution in [2.75, 3.05) is 26.7 Å². The molecule has 1 N–H and O–H groups in total. The maximum Gasteiger partial charge on any atom is 0.0190 e. The molecular formula is C12H26N2. The van der Waals surface area contributed by atoms with Gasteiger partial charge in [-0.2, -0.15) is 0 Å². The molecule has 1 unspecified atom stereocenters. The van der Waals surface area contributed by atoms with E-state index in [1.54, 1.807) is 0 Å². The Hall–Kier alpha value is -0.340. The topological polar surface area (TPSA) is 15.3 Å². The summed E-state index contributed by atoms with van der Waals surface area (Å²) in [5, 5.41) is 3.18. The van der Waals surface area contributed by atoms with Crippen LogP contribution in [0.5, 0.6) is 0 Å². The van der Waals surface area contributed by atoms with Gasteiger partial charge in [-0.25, -0.2) is 0 Å². The van der Waals surface area contributed by atoms with Crippen molar-refractivity contribution in [3.8, 4) is 0 Å². The van der Waals surface area contributed by atoms with Gasteiger partial charge in [0.15, 0.2) is 0 Å². The molecule has 0 fully saturated rings. The average Bonchev–Trinajstić information content (AvgIpc) is 2.14. The highest BCUT2D eigenvalue weighted by Gasteiger charge is 2.10. The molecule has 0 heterocycles. The third kappa shape index (κ3) is 6.17. The Morgan fingerprint density at radius 1 is 1.50 bits per heavy atom. The Bertz CT molecular complexity index is 154. The minimum atomic E-state index is 0.671. The highest BCUT2D eigenvalue weighted by atomic mass is 15.1. The molecule has 84 valence electrons. The second-order valence-electron chi connectivity index (χ2n) is 4.12. The Morgan fingerprint density at radius 2 is 2.14 bits per heavy atom. The number of hydrogen-bond acceptors (Lipinski definition) is 2. The molecule has 0 aromatic heterocycles. The maximum absolute atomic E-state index is 3.97. The van der Waals surface area contributed by atoms with Crippen LogP contribution >= 0.6 is 0 Å². The van der Waals surface area contributed by atoms with Crippen molar-refractivity contribution in [1.82, 2.24) is 10.2 Å². The third-order valence-electron chi connectivity index (χ3n) is 2.55. The molecule has 2 heteroatoms. The lowest BCUT2D eigenvalue weighted by Crippen LogP contribution is -2.34. The zero-order valence-electron chi connectivity index (χ0n) is 10.3. The van der Waals surface area contributed by atoms with Crippen LogP contribution in [-0.4, -0.2) is 37.6 Å². The van der Waals surface area contributed by atoms with Gasteiger partial charge in [-0.3, -0.25) is 4.90 Å². The van der Waals surface area contributed by atoms with Crippen LogP contribution in [0, 0.1) is 0 Å². The highest BCUT2D eigenvalue weighted by molar-refractivity contribution is 4.92. The van der Waals surface area contributed by atoms with Crippen LogP contribution in [0.2, 0.25) is 0 Å². The standard InChI is InChI=1S/C12H26N2/c1-6-14(10-11(2)3)12(4)8-7-9-13-5/h12-13H,2,6-10H2,1,3-5H3. The third-order valence-corrected chi connectivity index (χ3v) is 2.55. The molecule has 14 heavy (non-hydrogen) atoms. The van der Waals surface area contributed by atoms with E-state index in [0.29, 0.717) is 6.04 Å². The van der Waals surface area contributed by atoms with Crippen LogP contribution in [0.15, 0.2) is 12.2 Å². The first kappa shape index (κ1) is 13.7. The largest absolute Gasteiger partial charge is 0.320 e. The summed E-state index contributed by atoms with van der Waals surface area (Å²) in [7, 11) is 2.01. The Morgan fingerprint density at radius 3 is 2.57 bits per heavy atom. The van der Waals surface area contributed by atoms with Crippen molar-refractivity contribution in [2.24, 2.45) is 0 Å². The summed E-state index contributed by atoms with van der Waals surface area (Å²) < 4.78 is 0. The van der Waals surface area contributed by atoms with Crippen LogP contribution in [-0.2, 0) is 0 Å². The van der Waals surface area contributed by atoms with Gasteiger partial charge in [0.1, 0.15) is 0 Å². The minimum absolute atomic E-state index is 0.671. The lowest BCUT2D eigenvalue weighted by molar-refractivity contribution is 0.225. The van der Waals surface area contributed by atoms with Crippen LogP contribution in [0.1, 0.15) is 33.6 Å². The van der Waals surface area contributed by atoms with Crippen LogP contribution in [0.4, 0.5) is 0 Å². The van der Waals surface area contributed by atoms with Gasteiger partial charge in [0.05, 0.1) is 0 Å². The van der Waals surface area contributed by atoms with E-state index in [9.17, 15) is 0 Å². The Balaban J connectivity index is 3.78. The molecule has 0 saturated heterocycles. The van der Waals surface area contributed by atoms with E-state index in [1.807, 2.05) is 7.05 Å². The van der Waals surface area contributed by atoms with E-state index in [-0.39, 0.29) is 0 Å². The van der Waals surface area contributed by atoms with E-state index in [0.717, 1.165) is 19.6 Å². The van der Waals surface area contributed by atoms with Crippen molar-refractivity contribution in [2.45, 2.75) is 39.7 Å². The van der Waals surface area contributed by atoms with Gasteiger partial charge >= 0.3 is 0 Å². The van der Waals surface area contributed by atoms with Gasteiger partial charge in [-0.05, 0) is 46.8 Å². The van der Waals surface area contributed by atoms with E-state index in [1.165, 1.54) is 18.4 Å². The first-order chi connectivity index (χ1) is 6.61. The molecule has 0 aliphatic heterocycles. The lowest BCUT2D eigenvalue weighted by Gasteiger charge is -2.27. The Kier molecular flexibility index (Phi) is 7.81. The number of nitrogens with one attached hydrogen (secondary N) is 1. The molecule has 0 radical (unpaired) electrons. The van der Waals surface area contributed by atoms with E-state index >= 15 is 0 Å². The molecule has 0 rings (SSSR count). The molecule has 0 aliphatic rings. The SMILES string of the molecule is C=C(C)CN(CC)C(C)CCCNC. The molecule has 0 saturated carbocycles. The monoisotopic (exact) mass is 198 g/mol. The summed E-state index contributed by atoms with van der Waals surface area (Å²) in [6, 6.07) is 0.671. The van der Waals surface area contributed by atoms with Crippen molar-refractivity contribution in [3.63, 3.8) is 0 Å². The number of rotatable bonds is 8. The quantitative estimate of drug-likeness (QED) is 0.475. The van der Waals surface area contributed by atoms with Gasteiger partial charge in [-0.1, -0.05) is 19.1 Å². The molecule has 0 bridgehead atoms. The van der Waals surface area contributed by atoms with Crippen LogP contribution < -0.4 is 5.32 Å². The molecule has 2 nitrogen and oxygen atoms in total. The predicted octanol–water partition coefficient (Wildman–Crippen LogP) is 2.27. The summed E-state index contributed by atoms with van der Waals surface area (Å²) in [5.41, 5.74) is 1.26. The van der Waals surface area contributed by atoms with Gasteiger partial charge in [-0.15, -0.1) is 0 Å². The zero-order chi connectivity index (χ0) is 11.0. The van der Waals surface area contributed by atoms with E-state index in [4.69, 9.17) is 0 Å². The molecule has 0 aromatic carbocycles. The molecular weight excluding hydrogens is 172 g/mol. The fourth-order valence-electron chi connectivity index (χ4n) is 1.68. The van der Waals surface area contributed by atoms with Crippen molar-refractivity contribution < 1.29 is 0 Å². The summed E-state index contributed by atoms with van der Waals surface area (Å²) in [5.74, 6) is 0. The van der Waals surface area contributed by atoms with Crippen molar-refractivity contribution in [3.05, 3.63) is 12.2 Å². The average molecular weight is 198 g/mol. The molecule has 0 aromatic rings. The molecule has 1 atom stereocenters. The van der Waals surface area contributed by atoms with Gasteiger partial charge in [0, 0.05) is 12.6 Å². The molecule has 0 amide bonds. The van der Waals surface area contributed by atoms with Gasteiger partial charge < -0.3 is 5.32 Å². The lowest BCUT2D eigenvalue weighted by atomic mass is 10.1.